The van der Waals surface area contributed by atoms with Crippen molar-refractivity contribution in [1.29, 1.82) is 0 Å². The zero-order valence-electron chi connectivity index (χ0n) is 17.2. The first-order valence-electron chi connectivity index (χ1n) is 9.58. The van der Waals surface area contributed by atoms with Crippen LogP contribution in [0.25, 0.3) is 0 Å². The Labute approximate surface area is 197 Å². The molecule has 4 N–H and O–H groups in total. The van der Waals surface area contributed by atoms with Crippen molar-refractivity contribution < 1.29 is 23.1 Å². The molecule has 3 aromatic carbocycles. The number of anilines is 3. The number of halogens is 3. The van der Waals surface area contributed by atoms with Crippen molar-refractivity contribution in [1.82, 2.24) is 0 Å². The number of hydrogen-bond acceptors (Lipinski definition) is 4. The van der Waals surface area contributed by atoms with Gasteiger partial charge in [-0.3, -0.25) is 9.59 Å². The molecular formula is C23H20F2IN3O3. The van der Waals surface area contributed by atoms with Crippen molar-refractivity contribution in [2.24, 2.45) is 11.7 Å². The summed E-state index contributed by atoms with van der Waals surface area (Å²) in [5, 5.41) is 5.44. The molecule has 166 valence electrons. The Morgan fingerprint density at radius 2 is 1.78 bits per heavy atom. The lowest BCUT2D eigenvalue weighted by Gasteiger charge is -2.16. The van der Waals surface area contributed by atoms with E-state index in [-0.39, 0.29) is 40.3 Å². The first kappa shape index (κ1) is 23.5. The lowest BCUT2D eigenvalue weighted by atomic mass is 10.1. The van der Waals surface area contributed by atoms with Crippen molar-refractivity contribution in [3.63, 3.8) is 0 Å². The maximum atomic E-state index is 14.4. The topological polar surface area (TPSA) is 93.4 Å². The Morgan fingerprint density at radius 3 is 2.44 bits per heavy atom. The third kappa shape index (κ3) is 5.72. The standard InChI is InChI=1S/C23H20F2IN3O3/c1-12(2)23(31)28-15-4-3-5-16(11-15)32-20-9-13(24)8-19(21(20)22(27)30)29-18-7-6-14(26)10-17(18)25/h3-12,29H,1-2H3,(H2,27,30)(H,28,31). The molecule has 3 aromatic rings. The molecule has 0 unspecified atom stereocenters. The van der Waals surface area contributed by atoms with Crippen molar-refractivity contribution in [2.45, 2.75) is 13.8 Å². The molecular weight excluding hydrogens is 531 g/mol. The van der Waals surface area contributed by atoms with Crippen LogP contribution in [0.2, 0.25) is 0 Å². The minimum absolute atomic E-state index is 0.0443. The summed E-state index contributed by atoms with van der Waals surface area (Å²) in [6, 6.07) is 12.9. The van der Waals surface area contributed by atoms with E-state index in [0.29, 0.717) is 9.26 Å². The van der Waals surface area contributed by atoms with Crippen LogP contribution in [-0.4, -0.2) is 11.8 Å². The zero-order chi connectivity index (χ0) is 23.4. The highest BCUT2D eigenvalue weighted by Gasteiger charge is 2.20. The van der Waals surface area contributed by atoms with Crippen LogP contribution in [0.1, 0.15) is 24.2 Å². The normalized spacial score (nSPS) is 10.7. The molecule has 0 aromatic heterocycles. The number of carbonyl (C=O) groups is 2. The van der Waals surface area contributed by atoms with Crippen LogP contribution in [0.15, 0.2) is 54.6 Å². The number of nitrogens with one attached hydrogen (secondary N) is 2. The summed E-state index contributed by atoms with van der Waals surface area (Å²) in [7, 11) is 0. The molecule has 32 heavy (non-hydrogen) atoms. The van der Waals surface area contributed by atoms with Gasteiger partial charge in [0.1, 0.15) is 28.7 Å². The van der Waals surface area contributed by atoms with Gasteiger partial charge in [-0.25, -0.2) is 8.78 Å². The first-order valence-corrected chi connectivity index (χ1v) is 10.7. The van der Waals surface area contributed by atoms with Gasteiger partial charge in [0.15, 0.2) is 0 Å². The molecule has 0 radical (unpaired) electrons. The van der Waals surface area contributed by atoms with Gasteiger partial charge in [-0.05, 0) is 59.0 Å². The SMILES string of the molecule is CC(C)C(=O)Nc1cccc(Oc2cc(F)cc(Nc3ccc(I)cc3F)c2C(N)=O)c1. The van der Waals surface area contributed by atoms with Crippen LogP contribution >= 0.6 is 22.6 Å². The summed E-state index contributed by atoms with van der Waals surface area (Å²) in [5.41, 5.74) is 5.85. The molecule has 0 heterocycles. The van der Waals surface area contributed by atoms with E-state index in [1.54, 1.807) is 38.1 Å². The monoisotopic (exact) mass is 551 g/mol. The number of benzene rings is 3. The molecule has 0 aliphatic carbocycles. The second-order valence-corrected chi connectivity index (χ2v) is 8.46. The molecule has 3 rings (SSSR count). The minimum Gasteiger partial charge on any atom is -0.456 e. The summed E-state index contributed by atoms with van der Waals surface area (Å²) < 4.78 is 35.0. The van der Waals surface area contributed by atoms with Gasteiger partial charge in [0.25, 0.3) is 5.91 Å². The van der Waals surface area contributed by atoms with Crippen molar-refractivity contribution >= 4 is 51.5 Å². The highest BCUT2D eigenvalue weighted by Crippen LogP contribution is 2.35. The van der Waals surface area contributed by atoms with Crippen molar-refractivity contribution in [2.75, 3.05) is 10.6 Å². The highest BCUT2D eigenvalue weighted by molar-refractivity contribution is 14.1. The van der Waals surface area contributed by atoms with Gasteiger partial charge in [0.2, 0.25) is 5.91 Å². The Hall–Kier alpha value is -3.21. The number of ether oxygens (including phenoxy) is 1. The molecule has 0 aliphatic heterocycles. The van der Waals surface area contributed by atoms with E-state index in [4.69, 9.17) is 10.5 Å². The molecule has 0 saturated carbocycles. The molecule has 2 amide bonds. The summed E-state index contributed by atoms with van der Waals surface area (Å²) >= 11 is 1.96. The number of carbonyl (C=O) groups excluding carboxylic acids is 2. The Balaban J connectivity index is 1.97. The maximum absolute atomic E-state index is 14.4. The second kappa shape index (κ2) is 9.94. The van der Waals surface area contributed by atoms with E-state index in [0.717, 1.165) is 12.1 Å². The van der Waals surface area contributed by atoms with Crippen molar-refractivity contribution in [3.8, 4) is 11.5 Å². The summed E-state index contributed by atoms with van der Waals surface area (Å²) in [6.07, 6.45) is 0. The largest absolute Gasteiger partial charge is 0.456 e. The minimum atomic E-state index is -0.891. The van der Waals surface area contributed by atoms with Crippen LogP contribution in [0.3, 0.4) is 0 Å². The zero-order valence-corrected chi connectivity index (χ0v) is 19.4. The third-order valence-corrected chi connectivity index (χ3v) is 5.04. The highest BCUT2D eigenvalue weighted by atomic mass is 127. The number of nitrogens with two attached hydrogens (primary N) is 1. The van der Waals surface area contributed by atoms with Crippen LogP contribution in [0, 0.1) is 21.1 Å². The smallest absolute Gasteiger partial charge is 0.254 e. The van der Waals surface area contributed by atoms with E-state index in [9.17, 15) is 18.4 Å². The molecule has 6 nitrogen and oxygen atoms in total. The summed E-state index contributed by atoms with van der Waals surface area (Å²) in [4.78, 5) is 24.1. The average Bonchev–Trinajstić information content (AvgIpc) is 2.69. The number of hydrogen-bond donors (Lipinski definition) is 3. The van der Waals surface area contributed by atoms with Crippen LogP contribution in [0.4, 0.5) is 25.8 Å². The van der Waals surface area contributed by atoms with E-state index in [1.807, 2.05) is 22.6 Å². The van der Waals surface area contributed by atoms with Gasteiger partial charge in [0.05, 0.1) is 11.4 Å². The van der Waals surface area contributed by atoms with Gasteiger partial charge in [-0.2, -0.15) is 0 Å². The van der Waals surface area contributed by atoms with Gasteiger partial charge in [-0.15, -0.1) is 0 Å². The maximum Gasteiger partial charge on any atom is 0.254 e. The fourth-order valence-electron chi connectivity index (χ4n) is 2.80. The van der Waals surface area contributed by atoms with Crippen LogP contribution in [0.5, 0.6) is 11.5 Å². The molecule has 0 aliphatic rings. The molecule has 0 saturated heterocycles. The lowest BCUT2D eigenvalue weighted by molar-refractivity contribution is -0.118. The molecule has 0 spiro atoms. The van der Waals surface area contributed by atoms with E-state index >= 15 is 0 Å². The second-order valence-electron chi connectivity index (χ2n) is 7.21. The molecule has 0 bridgehead atoms. The summed E-state index contributed by atoms with van der Waals surface area (Å²) in [6.45, 7) is 3.51. The van der Waals surface area contributed by atoms with E-state index in [1.165, 1.54) is 18.2 Å². The van der Waals surface area contributed by atoms with Gasteiger partial charge >= 0.3 is 0 Å². The van der Waals surface area contributed by atoms with Gasteiger partial charge < -0.3 is 21.1 Å². The van der Waals surface area contributed by atoms with E-state index in [2.05, 4.69) is 10.6 Å². The first-order chi connectivity index (χ1) is 15.1. The number of rotatable bonds is 7. The molecule has 0 atom stereocenters. The van der Waals surface area contributed by atoms with E-state index < -0.39 is 17.5 Å². The fraction of sp³-hybridized carbons (Fsp3) is 0.130. The van der Waals surface area contributed by atoms with Crippen LogP contribution < -0.4 is 21.1 Å². The average molecular weight is 551 g/mol. The summed E-state index contributed by atoms with van der Waals surface area (Å²) in [5.74, 6) is -2.51. The van der Waals surface area contributed by atoms with Crippen LogP contribution in [-0.2, 0) is 4.79 Å². The third-order valence-electron chi connectivity index (χ3n) is 4.37. The predicted octanol–water partition coefficient (Wildman–Crippen LogP) is 5.80. The number of amides is 2. The molecule has 0 fully saturated rings. The Morgan fingerprint density at radius 1 is 1.03 bits per heavy atom. The predicted molar refractivity (Wildman–Crippen MR) is 127 cm³/mol. The fourth-order valence-corrected chi connectivity index (χ4v) is 3.26. The Bertz CT molecular complexity index is 1190. The van der Waals surface area contributed by atoms with Gasteiger partial charge in [0, 0.05) is 27.3 Å². The lowest BCUT2D eigenvalue weighted by Crippen LogP contribution is -2.17. The van der Waals surface area contributed by atoms with Gasteiger partial charge in [-0.1, -0.05) is 19.9 Å². The molecule has 9 heteroatoms. The number of primary amides is 1. The quantitative estimate of drug-likeness (QED) is 0.324. The Kier molecular flexibility index (Phi) is 7.29. The van der Waals surface area contributed by atoms with Crippen molar-refractivity contribution in [3.05, 3.63) is 75.4 Å².